The maximum absolute atomic E-state index is 14.1. The average molecular weight is 251 g/mol. The van der Waals surface area contributed by atoms with Gasteiger partial charge in [-0.15, -0.1) is 11.6 Å². The van der Waals surface area contributed by atoms with Gasteiger partial charge in [0.2, 0.25) is 0 Å². The monoisotopic (exact) mass is 250 g/mol. The first-order valence-corrected chi connectivity index (χ1v) is 6.33. The smallest absolute Gasteiger partial charge is 0.142 e. The van der Waals surface area contributed by atoms with Gasteiger partial charge in [0.05, 0.1) is 4.87 Å². The van der Waals surface area contributed by atoms with Gasteiger partial charge in [-0.05, 0) is 23.6 Å². The van der Waals surface area contributed by atoms with Gasteiger partial charge in [-0.2, -0.15) is 0 Å². The molecule has 0 N–H and O–H groups in total. The van der Waals surface area contributed by atoms with Crippen LogP contribution in [0.2, 0.25) is 0 Å². The summed E-state index contributed by atoms with van der Waals surface area (Å²) in [5.74, 6) is 0. The molecular formula is C15H16ClF. The van der Waals surface area contributed by atoms with Crippen LogP contribution in [0.15, 0.2) is 48.6 Å². The first-order valence-electron chi connectivity index (χ1n) is 5.95. The first kappa shape index (κ1) is 12.4. The van der Waals surface area contributed by atoms with E-state index in [0.717, 1.165) is 17.6 Å². The number of benzene rings is 1. The summed E-state index contributed by atoms with van der Waals surface area (Å²) < 4.78 is 14.1. The fourth-order valence-corrected chi connectivity index (χ4v) is 2.41. The summed E-state index contributed by atoms with van der Waals surface area (Å²) in [6, 6.07) is 9.80. The standard InChI is InChI=1S/C15H16ClF/c1-2-9-15(16)10-8-13(11-14(15)17)12-6-4-3-5-7-12/h3-8,10-11,14H,2,9H2,1H3. The second-order valence-electron chi connectivity index (χ2n) is 4.40. The highest BCUT2D eigenvalue weighted by Gasteiger charge is 2.34. The molecule has 0 radical (unpaired) electrons. The van der Waals surface area contributed by atoms with Crippen LogP contribution >= 0.6 is 11.6 Å². The molecule has 0 amide bonds. The van der Waals surface area contributed by atoms with E-state index in [-0.39, 0.29) is 0 Å². The van der Waals surface area contributed by atoms with Crippen LogP contribution in [0.25, 0.3) is 5.57 Å². The molecule has 2 heteroatoms. The van der Waals surface area contributed by atoms with Crippen LogP contribution in [-0.2, 0) is 0 Å². The molecule has 1 aliphatic carbocycles. The molecule has 0 spiro atoms. The maximum Gasteiger partial charge on any atom is 0.142 e. The Labute approximate surface area is 107 Å². The van der Waals surface area contributed by atoms with Crippen molar-refractivity contribution in [1.82, 2.24) is 0 Å². The highest BCUT2D eigenvalue weighted by atomic mass is 35.5. The van der Waals surface area contributed by atoms with Crippen LogP contribution in [0.4, 0.5) is 4.39 Å². The molecule has 0 aliphatic heterocycles. The van der Waals surface area contributed by atoms with E-state index in [0.29, 0.717) is 6.42 Å². The van der Waals surface area contributed by atoms with E-state index in [4.69, 9.17) is 11.6 Å². The third-order valence-electron chi connectivity index (χ3n) is 3.06. The van der Waals surface area contributed by atoms with Crippen molar-refractivity contribution in [2.45, 2.75) is 30.8 Å². The van der Waals surface area contributed by atoms with Gasteiger partial charge in [0, 0.05) is 0 Å². The minimum absolute atomic E-state index is 0.658. The summed E-state index contributed by atoms with van der Waals surface area (Å²) in [4.78, 5) is -0.854. The Bertz CT molecular complexity index is 435. The zero-order valence-electron chi connectivity index (χ0n) is 9.87. The lowest BCUT2D eigenvalue weighted by atomic mass is 9.88. The highest BCUT2D eigenvalue weighted by Crippen LogP contribution is 2.37. The van der Waals surface area contributed by atoms with Crippen LogP contribution in [0.1, 0.15) is 25.3 Å². The molecule has 0 bridgehead atoms. The molecule has 0 fully saturated rings. The van der Waals surface area contributed by atoms with Crippen molar-refractivity contribution in [3.05, 3.63) is 54.1 Å². The number of hydrogen-bond donors (Lipinski definition) is 0. The van der Waals surface area contributed by atoms with Gasteiger partial charge in [-0.1, -0.05) is 55.8 Å². The number of hydrogen-bond acceptors (Lipinski definition) is 0. The predicted molar refractivity (Wildman–Crippen MR) is 71.9 cm³/mol. The van der Waals surface area contributed by atoms with Gasteiger partial charge in [0.25, 0.3) is 0 Å². The normalized spacial score (nSPS) is 27.9. The number of halogens is 2. The highest BCUT2D eigenvalue weighted by molar-refractivity contribution is 6.26. The lowest BCUT2D eigenvalue weighted by molar-refractivity contribution is 0.326. The van der Waals surface area contributed by atoms with Gasteiger partial charge in [-0.3, -0.25) is 0 Å². The third-order valence-corrected chi connectivity index (χ3v) is 3.59. The Morgan fingerprint density at radius 2 is 2.00 bits per heavy atom. The van der Waals surface area contributed by atoms with Crippen molar-refractivity contribution in [3.8, 4) is 0 Å². The lowest BCUT2D eigenvalue weighted by Crippen LogP contribution is -2.32. The summed E-state index contributed by atoms with van der Waals surface area (Å²) in [5, 5.41) is 0. The molecule has 0 heterocycles. The molecule has 2 unspecified atom stereocenters. The Kier molecular flexibility index (Phi) is 3.68. The van der Waals surface area contributed by atoms with Crippen LogP contribution < -0.4 is 0 Å². The molecule has 1 aliphatic rings. The Morgan fingerprint density at radius 3 is 2.59 bits per heavy atom. The summed E-state index contributed by atoms with van der Waals surface area (Å²) in [5.41, 5.74) is 1.94. The number of allylic oxidation sites excluding steroid dienone is 4. The van der Waals surface area contributed by atoms with Crippen molar-refractivity contribution in [2.75, 3.05) is 0 Å². The van der Waals surface area contributed by atoms with Gasteiger partial charge < -0.3 is 0 Å². The molecule has 1 aromatic rings. The minimum atomic E-state index is -1.12. The van der Waals surface area contributed by atoms with Crippen LogP contribution in [0.3, 0.4) is 0 Å². The van der Waals surface area contributed by atoms with Crippen molar-refractivity contribution < 1.29 is 4.39 Å². The largest absolute Gasteiger partial charge is 0.241 e. The molecule has 2 atom stereocenters. The van der Waals surface area contributed by atoms with E-state index in [1.54, 1.807) is 12.2 Å². The van der Waals surface area contributed by atoms with E-state index in [1.165, 1.54) is 0 Å². The Morgan fingerprint density at radius 1 is 1.29 bits per heavy atom. The fourth-order valence-electron chi connectivity index (χ4n) is 2.10. The van der Waals surface area contributed by atoms with Gasteiger partial charge >= 0.3 is 0 Å². The molecule has 90 valence electrons. The van der Waals surface area contributed by atoms with Crippen molar-refractivity contribution in [2.24, 2.45) is 0 Å². The SMILES string of the molecule is CCCC1(Cl)C=CC(c2ccccc2)=CC1F. The lowest BCUT2D eigenvalue weighted by Gasteiger charge is -2.28. The molecule has 0 saturated carbocycles. The summed E-state index contributed by atoms with van der Waals surface area (Å²) in [6.45, 7) is 2.01. The molecule has 2 rings (SSSR count). The zero-order chi connectivity index (χ0) is 12.3. The van der Waals surface area contributed by atoms with Gasteiger partial charge in [0.1, 0.15) is 6.17 Å². The van der Waals surface area contributed by atoms with Gasteiger partial charge in [-0.25, -0.2) is 4.39 Å². The van der Waals surface area contributed by atoms with Crippen LogP contribution in [-0.4, -0.2) is 11.0 Å². The Balaban J connectivity index is 2.24. The topological polar surface area (TPSA) is 0 Å². The summed E-state index contributed by atoms with van der Waals surface area (Å²) in [7, 11) is 0. The molecule has 0 saturated heterocycles. The van der Waals surface area contributed by atoms with E-state index >= 15 is 0 Å². The molecular weight excluding hydrogens is 235 g/mol. The van der Waals surface area contributed by atoms with Gasteiger partial charge in [0.15, 0.2) is 0 Å². The summed E-state index contributed by atoms with van der Waals surface area (Å²) >= 11 is 6.27. The second-order valence-corrected chi connectivity index (χ2v) is 5.10. The van der Waals surface area contributed by atoms with E-state index in [2.05, 4.69) is 0 Å². The van der Waals surface area contributed by atoms with Crippen LogP contribution in [0.5, 0.6) is 0 Å². The quantitative estimate of drug-likeness (QED) is 0.679. The minimum Gasteiger partial charge on any atom is -0.241 e. The fraction of sp³-hybridized carbons (Fsp3) is 0.333. The van der Waals surface area contributed by atoms with E-state index < -0.39 is 11.0 Å². The molecule has 1 aromatic carbocycles. The zero-order valence-corrected chi connectivity index (χ0v) is 10.6. The van der Waals surface area contributed by atoms with Crippen molar-refractivity contribution in [3.63, 3.8) is 0 Å². The van der Waals surface area contributed by atoms with Crippen molar-refractivity contribution >= 4 is 17.2 Å². The van der Waals surface area contributed by atoms with Crippen LogP contribution in [0, 0.1) is 0 Å². The number of rotatable bonds is 3. The number of alkyl halides is 2. The van der Waals surface area contributed by atoms with E-state index in [1.807, 2.05) is 43.3 Å². The maximum atomic E-state index is 14.1. The average Bonchev–Trinajstić information content (AvgIpc) is 2.34. The molecule has 17 heavy (non-hydrogen) atoms. The third kappa shape index (κ3) is 2.61. The van der Waals surface area contributed by atoms with E-state index in [9.17, 15) is 4.39 Å². The molecule has 0 aromatic heterocycles. The summed E-state index contributed by atoms with van der Waals surface area (Å²) in [6.07, 6.45) is 5.76. The Hall–Kier alpha value is -1.08. The second kappa shape index (κ2) is 5.05. The first-order chi connectivity index (χ1) is 8.15. The molecule has 0 nitrogen and oxygen atoms in total. The predicted octanol–water partition coefficient (Wildman–Crippen LogP) is 4.76. The van der Waals surface area contributed by atoms with Crippen molar-refractivity contribution in [1.29, 1.82) is 0 Å².